The number of anilines is 1. The largest absolute Gasteiger partial charge is 0.483 e. The molecule has 5 nitrogen and oxygen atoms in total. The highest BCUT2D eigenvalue weighted by Gasteiger charge is 2.14. The molecule has 2 aromatic rings. The Hall–Kier alpha value is -2.41. The molecule has 126 valence electrons. The smallest absolute Gasteiger partial charge is 0.260 e. The van der Waals surface area contributed by atoms with Gasteiger partial charge in [0.25, 0.3) is 5.91 Å². The maximum atomic E-state index is 12.8. The molecular formula is C17H16BrFN2O3. The molecule has 0 aliphatic heterocycles. The SMILES string of the molecule is CN(CC(=O)Nc1ccc(F)cc1)C(=O)COc1ccccc1Br. The third-order valence-corrected chi connectivity index (χ3v) is 3.78. The second-order valence-electron chi connectivity index (χ2n) is 5.02. The molecule has 0 saturated heterocycles. The average molecular weight is 395 g/mol. The number of halogens is 2. The lowest BCUT2D eigenvalue weighted by Crippen LogP contribution is -2.37. The van der Waals surface area contributed by atoms with Crippen molar-refractivity contribution in [2.24, 2.45) is 0 Å². The van der Waals surface area contributed by atoms with E-state index < -0.39 is 0 Å². The van der Waals surface area contributed by atoms with Gasteiger partial charge in [0.05, 0.1) is 11.0 Å². The Bertz CT molecular complexity index is 722. The number of benzene rings is 2. The van der Waals surface area contributed by atoms with E-state index in [1.165, 1.54) is 36.2 Å². The van der Waals surface area contributed by atoms with Crippen molar-refractivity contribution in [2.75, 3.05) is 25.5 Å². The van der Waals surface area contributed by atoms with Crippen LogP contribution in [-0.4, -0.2) is 36.9 Å². The Morgan fingerprint density at radius 2 is 1.83 bits per heavy atom. The molecule has 2 aromatic carbocycles. The molecular weight excluding hydrogens is 379 g/mol. The van der Waals surface area contributed by atoms with Gasteiger partial charge in [-0.05, 0) is 52.3 Å². The van der Waals surface area contributed by atoms with Gasteiger partial charge < -0.3 is 15.0 Å². The first-order valence-corrected chi connectivity index (χ1v) is 7.91. The van der Waals surface area contributed by atoms with Crippen LogP contribution in [0.4, 0.5) is 10.1 Å². The van der Waals surface area contributed by atoms with E-state index in [9.17, 15) is 14.0 Å². The Morgan fingerprint density at radius 1 is 1.17 bits per heavy atom. The van der Waals surface area contributed by atoms with E-state index in [2.05, 4.69) is 21.2 Å². The molecule has 0 atom stereocenters. The lowest BCUT2D eigenvalue weighted by molar-refractivity contribution is -0.135. The van der Waals surface area contributed by atoms with Crippen molar-refractivity contribution in [3.8, 4) is 5.75 Å². The fraction of sp³-hybridized carbons (Fsp3) is 0.176. The third-order valence-electron chi connectivity index (χ3n) is 3.12. The van der Waals surface area contributed by atoms with E-state index in [1.807, 2.05) is 6.07 Å². The lowest BCUT2D eigenvalue weighted by Gasteiger charge is -2.17. The zero-order valence-corrected chi connectivity index (χ0v) is 14.5. The highest BCUT2D eigenvalue weighted by Crippen LogP contribution is 2.23. The summed E-state index contributed by atoms with van der Waals surface area (Å²) >= 11 is 3.33. The number of ether oxygens (including phenoxy) is 1. The molecule has 0 aliphatic rings. The van der Waals surface area contributed by atoms with Gasteiger partial charge in [-0.1, -0.05) is 12.1 Å². The van der Waals surface area contributed by atoms with Crippen molar-refractivity contribution in [3.63, 3.8) is 0 Å². The van der Waals surface area contributed by atoms with Crippen LogP contribution >= 0.6 is 15.9 Å². The summed E-state index contributed by atoms with van der Waals surface area (Å²) < 4.78 is 19.0. The van der Waals surface area contributed by atoms with Crippen LogP contribution in [0.15, 0.2) is 53.0 Å². The number of rotatable bonds is 6. The number of carbonyl (C=O) groups excluding carboxylic acids is 2. The van der Waals surface area contributed by atoms with Gasteiger partial charge in [-0.25, -0.2) is 4.39 Å². The van der Waals surface area contributed by atoms with Gasteiger partial charge in [0.1, 0.15) is 11.6 Å². The molecule has 2 rings (SSSR count). The van der Waals surface area contributed by atoms with Gasteiger partial charge in [-0.2, -0.15) is 0 Å². The first-order chi connectivity index (χ1) is 11.5. The van der Waals surface area contributed by atoms with Gasteiger partial charge in [0.2, 0.25) is 5.91 Å². The summed E-state index contributed by atoms with van der Waals surface area (Å²) in [5, 5.41) is 2.59. The number of likely N-dealkylation sites (N-methyl/N-ethyl adjacent to an activating group) is 1. The van der Waals surface area contributed by atoms with Gasteiger partial charge in [0.15, 0.2) is 6.61 Å². The summed E-state index contributed by atoms with van der Waals surface area (Å²) in [5.41, 5.74) is 0.465. The van der Waals surface area contributed by atoms with E-state index in [-0.39, 0.29) is 30.8 Å². The summed E-state index contributed by atoms with van der Waals surface area (Å²) in [7, 11) is 1.51. The van der Waals surface area contributed by atoms with E-state index in [1.54, 1.807) is 18.2 Å². The molecule has 0 aliphatic carbocycles. The molecule has 0 spiro atoms. The van der Waals surface area contributed by atoms with Gasteiger partial charge in [-0.3, -0.25) is 9.59 Å². The number of hydrogen-bond donors (Lipinski definition) is 1. The molecule has 2 amide bonds. The van der Waals surface area contributed by atoms with Crippen LogP contribution in [-0.2, 0) is 9.59 Å². The zero-order valence-electron chi connectivity index (χ0n) is 13.0. The first kappa shape index (κ1) is 17.9. The summed E-state index contributed by atoms with van der Waals surface area (Å²) in [5.74, 6) is -0.544. The predicted molar refractivity (Wildman–Crippen MR) is 92.3 cm³/mol. The minimum Gasteiger partial charge on any atom is -0.483 e. The summed E-state index contributed by atoms with van der Waals surface area (Å²) in [6.07, 6.45) is 0. The van der Waals surface area contributed by atoms with E-state index in [0.29, 0.717) is 11.4 Å². The molecule has 0 heterocycles. The van der Waals surface area contributed by atoms with Crippen LogP contribution < -0.4 is 10.1 Å². The van der Waals surface area contributed by atoms with Gasteiger partial charge in [0, 0.05) is 12.7 Å². The highest BCUT2D eigenvalue weighted by atomic mass is 79.9. The quantitative estimate of drug-likeness (QED) is 0.818. The van der Waals surface area contributed by atoms with E-state index >= 15 is 0 Å². The maximum absolute atomic E-state index is 12.8. The van der Waals surface area contributed by atoms with Crippen molar-refractivity contribution in [1.29, 1.82) is 0 Å². The Kier molecular flexibility index (Phi) is 6.31. The Morgan fingerprint density at radius 3 is 2.50 bits per heavy atom. The number of carbonyl (C=O) groups is 2. The Balaban J connectivity index is 1.81. The zero-order chi connectivity index (χ0) is 17.5. The average Bonchev–Trinajstić information content (AvgIpc) is 2.56. The second-order valence-corrected chi connectivity index (χ2v) is 5.88. The Labute approximate surface area is 147 Å². The summed E-state index contributed by atoms with van der Waals surface area (Å²) in [6, 6.07) is 12.6. The van der Waals surface area contributed by atoms with E-state index in [4.69, 9.17) is 4.74 Å². The number of para-hydroxylation sites is 1. The van der Waals surface area contributed by atoms with Crippen LogP contribution in [0.2, 0.25) is 0 Å². The molecule has 0 bridgehead atoms. The van der Waals surface area contributed by atoms with Crippen LogP contribution in [0, 0.1) is 5.82 Å². The van der Waals surface area contributed by atoms with Crippen molar-refractivity contribution in [2.45, 2.75) is 0 Å². The minimum atomic E-state index is -0.385. The summed E-state index contributed by atoms with van der Waals surface area (Å²) in [4.78, 5) is 25.2. The van der Waals surface area contributed by atoms with Crippen LogP contribution in [0.25, 0.3) is 0 Å². The third kappa shape index (κ3) is 5.34. The van der Waals surface area contributed by atoms with Gasteiger partial charge >= 0.3 is 0 Å². The minimum absolute atomic E-state index is 0.129. The highest BCUT2D eigenvalue weighted by molar-refractivity contribution is 9.10. The molecule has 24 heavy (non-hydrogen) atoms. The molecule has 0 aromatic heterocycles. The van der Waals surface area contributed by atoms with E-state index in [0.717, 1.165) is 4.47 Å². The van der Waals surface area contributed by atoms with Crippen molar-refractivity contribution >= 4 is 33.4 Å². The van der Waals surface area contributed by atoms with Crippen molar-refractivity contribution < 1.29 is 18.7 Å². The molecule has 0 fully saturated rings. The topological polar surface area (TPSA) is 58.6 Å². The monoisotopic (exact) mass is 394 g/mol. The lowest BCUT2D eigenvalue weighted by atomic mass is 10.3. The fourth-order valence-corrected chi connectivity index (χ4v) is 2.25. The predicted octanol–water partition coefficient (Wildman–Crippen LogP) is 3.06. The van der Waals surface area contributed by atoms with Crippen molar-refractivity contribution in [1.82, 2.24) is 4.90 Å². The van der Waals surface area contributed by atoms with Crippen molar-refractivity contribution in [3.05, 3.63) is 58.8 Å². The standard InChI is InChI=1S/C17H16BrFN2O3/c1-21(10-16(22)20-13-8-6-12(19)7-9-13)17(23)11-24-15-5-3-2-4-14(15)18/h2-9H,10-11H2,1H3,(H,20,22). The molecule has 0 unspecified atom stereocenters. The first-order valence-electron chi connectivity index (χ1n) is 7.12. The second kappa shape index (κ2) is 8.44. The van der Waals surface area contributed by atoms with Crippen LogP contribution in [0.3, 0.4) is 0 Å². The summed E-state index contributed by atoms with van der Waals surface area (Å²) in [6.45, 7) is -0.307. The van der Waals surface area contributed by atoms with Crippen LogP contribution in [0.1, 0.15) is 0 Å². The molecule has 1 N–H and O–H groups in total. The number of nitrogens with zero attached hydrogens (tertiary/aromatic N) is 1. The number of nitrogens with one attached hydrogen (secondary N) is 1. The maximum Gasteiger partial charge on any atom is 0.260 e. The normalized spacial score (nSPS) is 10.1. The van der Waals surface area contributed by atoms with Gasteiger partial charge in [-0.15, -0.1) is 0 Å². The molecule has 0 saturated carbocycles. The fourth-order valence-electron chi connectivity index (χ4n) is 1.85. The number of amides is 2. The molecule has 0 radical (unpaired) electrons. The number of hydrogen-bond acceptors (Lipinski definition) is 3. The van der Waals surface area contributed by atoms with Crippen LogP contribution in [0.5, 0.6) is 5.75 Å². The molecule has 7 heteroatoms.